The third-order valence-corrected chi connectivity index (χ3v) is 4.80. The van der Waals surface area contributed by atoms with Gasteiger partial charge in [-0.2, -0.15) is 13.2 Å². The van der Waals surface area contributed by atoms with Crippen LogP contribution in [0.3, 0.4) is 0 Å². The number of ether oxygens (including phenoxy) is 1. The summed E-state index contributed by atoms with van der Waals surface area (Å²) in [5.74, 6) is -3.81. The van der Waals surface area contributed by atoms with Gasteiger partial charge < -0.3 is 19.5 Å². The summed E-state index contributed by atoms with van der Waals surface area (Å²) in [6.45, 7) is 0.532. The van der Waals surface area contributed by atoms with Gasteiger partial charge >= 0.3 is 24.1 Å². The maximum Gasteiger partial charge on any atom is 0.490 e. The Hall–Kier alpha value is -3.89. The molecule has 2 heterocycles. The van der Waals surface area contributed by atoms with Crippen LogP contribution in [0.4, 0.5) is 13.2 Å². The number of alkyl halides is 3. The van der Waals surface area contributed by atoms with E-state index in [1.165, 1.54) is 7.11 Å². The Balaban J connectivity index is 0.000000509. The van der Waals surface area contributed by atoms with Crippen LogP contribution in [0.1, 0.15) is 29.5 Å². The molecule has 1 aromatic carbocycles. The van der Waals surface area contributed by atoms with Gasteiger partial charge in [0.15, 0.2) is 0 Å². The van der Waals surface area contributed by atoms with Gasteiger partial charge in [0.05, 0.1) is 13.5 Å². The van der Waals surface area contributed by atoms with E-state index in [-0.39, 0.29) is 12.4 Å². The molecule has 0 amide bonds. The Kier molecular flexibility index (Phi) is 9.17. The molecule has 0 atom stereocenters. The molecule has 0 radical (unpaired) electrons. The molecule has 3 rings (SSSR count). The molecule has 0 fully saturated rings. The highest BCUT2D eigenvalue weighted by Crippen LogP contribution is 2.26. The minimum absolute atomic E-state index is 0.104. The van der Waals surface area contributed by atoms with Gasteiger partial charge in [-0.15, -0.1) is 0 Å². The normalized spacial score (nSPS) is 10.9. The number of hydrogen-bond acceptors (Lipinski definition) is 5. The molecule has 34 heavy (non-hydrogen) atoms. The molecule has 3 aromatic rings. The fourth-order valence-corrected chi connectivity index (χ4v) is 3.19. The van der Waals surface area contributed by atoms with E-state index in [2.05, 4.69) is 21.8 Å². The van der Waals surface area contributed by atoms with Crippen LogP contribution in [0.15, 0.2) is 48.9 Å². The van der Waals surface area contributed by atoms with Crippen LogP contribution in [0.2, 0.25) is 0 Å². The molecule has 0 aliphatic carbocycles. The summed E-state index contributed by atoms with van der Waals surface area (Å²) < 4.78 is 38.5. The zero-order chi connectivity index (χ0) is 25.3. The van der Waals surface area contributed by atoms with Crippen LogP contribution >= 0.6 is 0 Å². The smallest absolute Gasteiger partial charge is 0.481 e. The molecule has 0 aliphatic heterocycles. The minimum atomic E-state index is -5.08. The number of carboxylic acid groups (broad SMARTS) is 2. The lowest BCUT2D eigenvalue weighted by molar-refractivity contribution is -0.192. The van der Waals surface area contributed by atoms with E-state index < -0.39 is 18.1 Å². The molecule has 2 aromatic heterocycles. The van der Waals surface area contributed by atoms with E-state index in [0.29, 0.717) is 19.4 Å². The lowest BCUT2D eigenvalue weighted by Gasteiger charge is -2.05. The number of pyridine rings is 1. The first-order valence-corrected chi connectivity index (χ1v) is 10.1. The zero-order valence-corrected chi connectivity index (χ0v) is 18.2. The van der Waals surface area contributed by atoms with Gasteiger partial charge in [0.2, 0.25) is 0 Å². The molecule has 0 bridgehead atoms. The predicted molar refractivity (Wildman–Crippen MR) is 115 cm³/mol. The summed E-state index contributed by atoms with van der Waals surface area (Å²) in [5, 5.41) is 17.1. The number of aryl methyl sites for hydroxylation is 2. The summed E-state index contributed by atoms with van der Waals surface area (Å²) in [4.78, 5) is 35.5. The molecular formula is C23H23F3N2O6. The summed E-state index contributed by atoms with van der Waals surface area (Å²) in [7, 11) is 1.39. The number of nitrogens with zero attached hydrogens (tertiary/aromatic N) is 2. The van der Waals surface area contributed by atoms with Gasteiger partial charge in [-0.25, -0.2) is 4.79 Å². The number of halogens is 3. The minimum Gasteiger partial charge on any atom is -0.481 e. The number of hydrogen-bond donors (Lipinski definition) is 2. The van der Waals surface area contributed by atoms with Gasteiger partial charge in [0.25, 0.3) is 0 Å². The molecular weight excluding hydrogens is 457 g/mol. The highest BCUT2D eigenvalue weighted by Gasteiger charge is 2.38. The van der Waals surface area contributed by atoms with E-state index in [1.807, 2.05) is 30.5 Å². The van der Waals surface area contributed by atoms with Crippen LogP contribution in [0, 0.1) is 0 Å². The number of aliphatic carboxylic acids is 2. The summed E-state index contributed by atoms with van der Waals surface area (Å²) in [6, 6.07) is 9.94. The number of aromatic nitrogens is 2. The number of fused-ring (bicyclic) bond motifs is 1. The summed E-state index contributed by atoms with van der Waals surface area (Å²) in [6.07, 6.45) is 2.17. The van der Waals surface area contributed by atoms with Crippen molar-refractivity contribution in [3.8, 4) is 0 Å². The Bertz CT molecular complexity index is 1140. The van der Waals surface area contributed by atoms with E-state index in [9.17, 15) is 22.8 Å². The van der Waals surface area contributed by atoms with E-state index >= 15 is 0 Å². The van der Waals surface area contributed by atoms with Crippen molar-refractivity contribution >= 4 is 28.8 Å². The average Bonchev–Trinajstić information content (AvgIpc) is 3.13. The fraction of sp³-hybridized carbons (Fsp3) is 0.304. The van der Waals surface area contributed by atoms with Crippen LogP contribution in [0.25, 0.3) is 10.9 Å². The molecule has 11 heteroatoms. The second kappa shape index (κ2) is 11.8. The first-order valence-electron chi connectivity index (χ1n) is 10.1. The van der Waals surface area contributed by atoms with Gasteiger partial charge in [0.1, 0.15) is 0 Å². The van der Waals surface area contributed by atoms with Crippen molar-refractivity contribution in [2.24, 2.45) is 0 Å². The third kappa shape index (κ3) is 7.91. The molecule has 2 N–H and O–H groups in total. The largest absolute Gasteiger partial charge is 0.490 e. The number of methoxy groups -OCH3 is 1. The zero-order valence-electron chi connectivity index (χ0n) is 18.2. The van der Waals surface area contributed by atoms with Crippen molar-refractivity contribution in [2.45, 2.75) is 38.4 Å². The Morgan fingerprint density at radius 3 is 2.35 bits per heavy atom. The molecule has 0 unspecified atom stereocenters. The standard InChI is InChI=1S/C21H22N2O4.C2HF3O2/c1-27-21(26)8-10-23-14-17(11-16-3-2-9-22-13-16)18-12-15(4-6-19(18)23)5-7-20(24)25;3-2(4,5)1(6)7/h2-4,6,9,12-14H,5,7-8,10-11H2,1H3,(H,24,25);(H,6,7). The van der Waals surface area contributed by atoms with Crippen molar-refractivity contribution in [3.63, 3.8) is 0 Å². The average molecular weight is 480 g/mol. The SMILES string of the molecule is COC(=O)CCn1cc(Cc2cccnc2)c2cc(CCC(=O)O)ccc21.O=C(O)C(F)(F)F. The summed E-state index contributed by atoms with van der Waals surface area (Å²) in [5.41, 5.74) is 4.24. The Morgan fingerprint density at radius 2 is 1.79 bits per heavy atom. The van der Waals surface area contributed by atoms with E-state index in [0.717, 1.165) is 34.0 Å². The summed E-state index contributed by atoms with van der Waals surface area (Å²) >= 11 is 0. The molecule has 8 nitrogen and oxygen atoms in total. The molecule has 0 aliphatic rings. The Morgan fingerprint density at radius 1 is 1.09 bits per heavy atom. The lowest BCUT2D eigenvalue weighted by Crippen LogP contribution is -2.21. The monoisotopic (exact) mass is 480 g/mol. The second-order valence-electron chi connectivity index (χ2n) is 7.26. The molecule has 0 saturated carbocycles. The fourth-order valence-electron chi connectivity index (χ4n) is 3.19. The van der Waals surface area contributed by atoms with Crippen molar-refractivity contribution in [2.75, 3.05) is 7.11 Å². The molecule has 0 spiro atoms. The van der Waals surface area contributed by atoms with Gasteiger partial charge in [-0.05, 0) is 41.3 Å². The number of rotatable bonds is 8. The molecule has 0 saturated heterocycles. The van der Waals surface area contributed by atoms with Crippen molar-refractivity contribution in [1.82, 2.24) is 9.55 Å². The van der Waals surface area contributed by atoms with Crippen LogP contribution < -0.4 is 0 Å². The van der Waals surface area contributed by atoms with Crippen molar-refractivity contribution in [3.05, 3.63) is 65.6 Å². The van der Waals surface area contributed by atoms with Crippen LogP contribution in [-0.4, -0.2) is 51.0 Å². The first kappa shape index (κ1) is 26.4. The third-order valence-electron chi connectivity index (χ3n) is 4.80. The van der Waals surface area contributed by atoms with Crippen LogP contribution in [0.5, 0.6) is 0 Å². The van der Waals surface area contributed by atoms with E-state index in [1.54, 1.807) is 6.20 Å². The van der Waals surface area contributed by atoms with Crippen LogP contribution in [-0.2, 0) is 38.5 Å². The van der Waals surface area contributed by atoms with Gasteiger partial charge in [-0.3, -0.25) is 14.6 Å². The maximum absolute atomic E-state index is 11.5. The Labute approximate surface area is 192 Å². The highest BCUT2D eigenvalue weighted by atomic mass is 19.4. The number of carbonyl (C=O) groups is 3. The number of benzene rings is 1. The highest BCUT2D eigenvalue weighted by molar-refractivity contribution is 5.85. The molecule has 182 valence electrons. The van der Waals surface area contributed by atoms with E-state index in [4.69, 9.17) is 19.7 Å². The number of esters is 1. The predicted octanol–water partition coefficient (Wildman–Crippen LogP) is 3.84. The lowest BCUT2D eigenvalue weighted by atomic mass is 10.0. The topological polar surface area (TPSA) is 119 Å². The first-order chi connectivity index (χ1) is 16.0. The number of carboxylic acids is 2. The quantitative estimate of drug-likeness (QED) is 0.470. The maximum atomic E-state index is 11.5. The van der Waals surface area contributed by atoms with Crippen molar-refractivity contribution in [1.29, 1.82) is 0 Å². The van der Waals surface area contributed by atoms with Gasteiger partial charge in [0, 0.05) is 48.9 Å². The number of carbonyl (C=O) groups excluding carboxylic acids is 1. The van der Waals surface area contributed by atoms with Gasteiger partial charge in [-0.1, -0.05) is 12.1 Å². The second-order valence-corrected chi connectivity index (χ2v) is 7.26. The van der Waals surface area contributed by atoms with Crippen molar-refractivity contribution < 1.29 is 42.5 Å².